The van der Waals surface area contributed by atoms with Crippen LogP contribution in [0.2, 0.25) is 0 Å². The Balaban J connectivity index is 2.39. The van der Waals surface area contributed by atoms with E-state index in [0.717, 1.165) is 11.4 Å². The fraction of sp³-hybridized carbons (Fsp3) is 0.300. The SMILES string of the molecule is CCC(=O)N1c2ccccc2OP1C. The number of fused-ring (bicyclic) bond motifs is 1. The summed E-state index contributed by atoms with van der Waals surface area (Å²) in [5.74, 6) is 0.950. The molecular formula is C10H12NO2P. The third kappa shape index (κ3) is 1.38. The normalized spacial score (nSPS) is 19.0. The summed E-state index contributed by atoms with van der Waals surface area (Å²) in [6.45, 7) is 3.81. The number of carbonyl (C=O) groups excluding carboxylic acids is 1. The summed E-state index contributed by atoms with van der Waals surface area (Å²) in [6, 6.07) is 7.67. The molecule has 1 aromatic carbocycles. The van der Waals surface area contributed by atoms with Gasteiger partial charge >= 0.3 is 0 Å². The minimum atomic E-state index is -0.817. The van der Waals surface area contributed by atoms with Crippen LogP contribution in [0.25, 0.3) is 0 Å². The zero-order valence-corrected chi connectivity index (χ0v) is 9.12. The van der Waals surface area contributed by atoms with Gasteiger partial charge in [-0.3, -0.25) is 9.46 Å². The lowest BCUT2D eigenvalue weighted by atomic mass is 10.3. The van der Waals surface area contributed by atoms with Gasteiger partial charge in [-0.25, -0.2) is 0 Å². The smallest absolute Gasteiger partial charge is 0.232 e. The zero-order valence-electron chi connectivity index (χ0n) is 8.23. The average molecular weight is 209 g/mol. The highest BCUT2D eigenvalue weighted by Crippen LogP contribution is 2.53. The zero-order chi connectivity index (χ0) is 10.1. The van der Waals surface area contributed by atoms with Crippen molar-refractivity contribution in [1.29, 1.82) is 0 Å². The first-order valence-corrected chi connectivity index (χ1v) is 6.23. The second kappa shape index (κ2) is 3.58. The minimum Gasteiger partial charge on any atom is -0.451 e. The molecule has 1 atom stereocenters. The molecule has 0 aromatic heterocycles. The van der Waals surface area contributed by atoms with E-state index in [4.69, 9.17) is 4.52 Å². The second-order valence-corrected chi connectivity index (χ2v) is 4.59. The standard InChI is InChI=1S/C10H12NO2P/c1-3-10(12)11-8-6-4-5-7-9(8)13-14(11)2/h4-7H,3H2,1-2H3. The van der Waals surface area contributed by atoms with Gasteiger partial charge in [-0.1, -0.05) is 19.1 Å². The number of anilines is 1. The Morgan fingerprint density at radius 1 is 1.50 bits per heavy atom. The van der Waals surface area contributed by atoms with Crippen LogP contribution in [0, 0.1) is 0 Å². The van der Waals surface area contributed by atoms with E-state index in [1.165, 1.54) is 0 Å². The van der Waals surface area contributed by atoms with Crippen molar-refractivity contribution in [2.24, 2.45) is 0 Å². The van der Waals surface area contributed by atoms with E-state index in [2.05, 4.69) is 0 Å². The van der Waals surface area contributed by atoms with Crippen LogP contribution in [-0.4, -0.2) is 12.6 Å². The molecule has 2 rings (SSSR count). The number of benzene rings is 1. The molecule has 14 heavy (non-hydrogen) atoms. The number of carbonyl (C=O) groups is 1. The summed E-state index contributed by atoms with van der Waals surface area (Å²) in [7, 11) is -0.817. The van der Waals surface area contributed by atoms with Gasteiger partial charge in [0, 0.05) is 13.1 Å². The lowest BCUT2D eigenvalue weighted by Crippen LogP contribution is -2.22. The molecule has 4 heteroatoms. The molecule has 0 spiro atoms. The van der Waals surface area contributed by atoms with Crippen LogP contribution in [0.5, 0.6) is 5.75 Å². The fourth-order valence-corrected chi connectivity index (χ4v) is 2.93. The summed E-state index contributed by atoms with van der Waals surface area (Å²) >= 11 is 0. The lowest BCUT2D eigenvalue weighted by Gasteiger charge is -2.17. The van der Waals surface area contributed by atoms with Crippen LogP contribution in [0.1, 0.15) is 13.3 Å². The second-order valence-electron chi connectivity index (χ2n) is 3.08. The molecule has 1 aliphatic rings. The van der Waals surface area contributed by atoms with Crippen molar-refractivity contribution in [3.63, 3.8) is 0 Å². The summed E-state index contributed by atoms with van der Waals surface area (Å²) in [5.41, 5.74) is 0.910. The summed E-state index contributed by atoms with van der Waals surface area (Å²) in [6.07, 6.45) is 0.518. The topological polar surface area (TPSA) is 29.5 Å². The molecule has 1 amide bonds. The monoisotopic (exact) mass is 209 g/mol. The van der Waals surface area contributed by atoms with Gasteiger partial charge in [0.25, 0.3) is 0 Å². The van der Waals surface area contributed by atoms with E-state index in [-0.39, 0.29) is 5.91 Å². The number of rotatable bonds is 1. The first-order chi connectivity index (χ1) is 6.74. The Morgan fingerprint density at radius 2 is 2.21 bits per heavy atom. The van der Waals surface area contributed by atoms with Crippen LogP contribution in [0.15, 0.2) is 24.3 Å². The highest BCUT2D eigenvalue weighted by atomic mass is 31.2. The van der Waals surface area contributed by atoms with E-state index >= 15 is 0 Å². The van der Waals surface area contributed by atoms with E-state index < -0.39 is 8.30 Å². The van der Waals surface area contributed by atoms with Crippen LogP contribution in [0.4, 0.5) is 5.69 Å². The molecule has 0 radical (unpaired) electrons. The highest BCUT2D eigenvalue weighted by Gasteiger charge is 2.31. The maximum atomic E-state index is 11.6. The molecule has 0 fully saturated rings. The Bertz CT molecular complexity index is 367. The van der Waals surface area contributed by atoms with Gasteiger partial charge < -0.3 is 4.52 Å². The van der Waals surface area contributed by atoms with Crippen molar-refractivity contribution in [3.8, 4) is 5.75 Å². The Hall–Kier alpha value is -1.08. The van der Waals surface area contributed by atoms with Gasteiger partial charge in [0.2, 0.25) is 5.91 Å². The van der Waals surface area contributed by atoms with E-state index in [1.807, 2.05) is 37.9 Å². The van der Waals surface area contributed by atoms with Gasteiger partial charge in [0.05, 0.1) is 5.69 Å². The number of amides is 1. The van der Waals surface area contributed by atoms with Crippen molar-refractivity contribution in [2.45, 2.75) is 13.3 Å². The predicted molar refractivity (Wildman–Crippen MR) is 57.7 cm³/mol. The third-order valence-electron chi connectivity index (χ3n) is 2.14. The first-order valence-electron chi connectivity index (χ1n) is 4.57. The predicted octanol–water partition coefficient (Wildman–Crippen LogP) is 2.76. The van der Waals surface area contributed by atoms with Gasteiger partial charge in [-0.2, -0.15) is 0 Å². The van der Waals surface area contributed by atoms with Gasteiger partial charge in [-0.15, -0.1) is 0 Å². The Labute approximate surface area is 84.6 Å². The van der Waals surface area contributed by atoms with Gasteiger partial charge in [-0.05, 0) is 12.1 Å². The number of hydrogen-bond donors (Lipinski definition) is 0. The maximum Gasteiger partial charge on any atom is 0.232 e. The quantitative estimate of drug-likeness (QED) is 0.665. The molecule has 0 saturated heterocycles. The van der Waals surface area contributed by atoms with Crippen LogP contribution < -0.4 is 9.19 Å². The molecule has 1 aromatic rings. The lowest BCUT2D eigenvalue weighted by molar-refractivity contribution is -0.117. The summed E-state index contributed by atoms with van der Waals surface area (Å²) in [5, 5.41) is 0. The number of nitrogens with zero attached hydrogens (tertiary/aromatic N) is 1. The largest absolute Gasteiger partial charge is 0.451 e. The van der Waals surface area contributed by atoms with Crippen LogP contribution in [0.3, 0.4) is 0 Å². The van der Waals surface area contributed by atoms with Crippen molar-refractivity contribution >= 4 is 19.9 Å². The van der Waals surface area contributed by atoms with E-state index in [9.17, 15) is 4.79 Å². The molecule has 0 bridgehead atoms. The molecule has 1 heterocycles. The number of hydrogen-bond acceptors (Lipinski definition) is 2. The molecule has 74 valence electrons. The summed E-state index contributed by atoms with van der Waals surface area (Å²) < 4.78 is 7.38. The minimum absolute atomic E-state index is 0.128. The maximum absolute atomic E-state index is 11.6. The Morgan fingerprint density at radius 3 is 2.93 bits per heavy atom. The Kier molecular flexibility index (Phi) is 2.42. The fourth-order valence-electron chi connectivity index (χ4n) is 1.49. The van der Waals surface area contributed by atoms with E-state index in [0.29, 0.717) is 6.42 Å². The molecule has 3 nitrogen and oxygen atoms in total. The van der Waals surface area contributed by atoms with Gasteiger partial charge in [0.1, 0.15) is 5.75 Å². The molecule has 0 aliphatic carbocycles. The number of para-hydroxylation sites is 2. The summed E-state index contributed by atoms with van der Waals surface area (Å²) in [4.78, 5) is 11.6. The third-order valence-corrected chi connectivity index (χ3v) is 3.61. The highest BCUT2D eigenvalue weighted by molar-refractivity contribution is 7.55. The average Bonchev–Trinajstić information content (AvgIpc) is 2.53. The molecular weight excluding hydrogens is 197 g/mol. The molecule has 1 unspecified atom stereocenters. The molecule has 1 aliphatic heterocycles. The van der Waals surface area contributed by atoms with Crippen LogP contribution >= 0.6 is 8.30 Å². The van der Waals surface area contributed by atoms with Crippen molar-refractivity contribution in [1.82, 2.24) is 0 Å². The van der Waals surface area contributed by atoms with Crippen molar-refractivity contribution < 1.29 is 9.32 Å². The molecule has 0 saturated carbocycles. The van der Waals surface area contributed by atoms with E-state index in [1.54, 1.807) is 4.67 Å². The van der Waals surface area contributed by atoms with Gasteiger partial charge in [0.15, 0.2) is 8.30 Å². The van der Waals surface area contributed by atoms with Crippen molar-refractivity contribution in [3.05, 3.63) is 24.3 Å². The first kappa shape index (κ1) is 9.47. The van der Waals surface area contributed by atoms with Crippen molar-refractivity contribution in [2.75, 3.05) is 11.3 Å². The molecule has 0 N–H and O–H groups in total. The van der Waals surface area contributed by atoms with Crippen LogP contribution in [-0.2, 0) is 4.79 Å².